The van der Waals surface area contributed by atoms with E-state index in [0.29, 0.717) is 25.4 Å². The minimum atomic E-state index is -4.51. The van der Waals surface area contributed by atoms with Gasteiger partial charge in [-0.2, -0.15) is 13.2 Å². The van der Waals surface area contributed by atoms with Crippen LogP contribution in [0.15, 0.2) is 18.3 Å². The van der Waals surface area contributed by atoms with Gasteiger partial charge in [0.1, 0.15) is 5.69 Å². The average Bonchev–Trinajstić information content (AvgIpc) is 3.29. The number of pyridine rings is 1. The lowest BCUT2D eigenvalue weighted by Gasteiger charge is -2.40. The molecule has 0 unspecified atom stereocenters. The molecule has 1 aromatic heterocycles. The number of rotatable bonds is 2. The second-order valence-electron chi connectivity index (χ2n) is 8.01. The fourth-order valence-corrected chi connectivity index (χ4v) is 4.91. The number of aliphatic hydroxyl groups is 1. The van der Waals surface area contributed by atoms with E-state index in [1.165, 1.54) is 18.9 Å². The van der Waals surface area contributed by atoms with Crippen molar-refractivity contribution in [3.05, 3.63) is 29.6 Å². The van der Waals surface area contributed by atoms with Gasteiger partial charge in [-0.15, -0.1) is 0 Å². The summed E-state index contributed by atoms with van der Waals surface area (Å²) in [5, 5.41) is 10.6. The molecule has 0 bridgehead atoms. The fraction of sp³-hybridized carbons (Fsp3) is 0.684. The summed E-state index contributed by atoms with van der Waals surface area (Å²) in [6.07, 6.45) is 0.0278. The molecule has 1 amide bonds. The molecule has 1 aromatic rings. The zero-order chi connectivity index (χ0) is 19.2. The van der Waals surface area contributed by atoms with Crippen LogP contribution < -0.4 is 0 Å². The number of fused-ring (bicyclic) bond motifs is 1. The first-order valence-corrected chi connectivity index (χ1v) is 9.57. The Balaban J connectivity index is 1.42. The van der Waals surface area contributed by atoms with Gasteiger partial charge in [0.05, 0.1) is 11.7 Å². The third-order valence-electron chi connectivity index (χ3n) is 6.31. The van der Waals surface area contributed by atoms with Gasteiger partial charge in [-0.3, -0.25) is 14.7 Å². The minimum absolute atomic E-state index is 0.163. The first-order valence-electron chi connectivity index (χ1n) is 9.57. The van der Waals surface area contributed by atoms with Gasteiger partial charge in [-0.1, -0.05) is 0 Å². The molecule has 8 heteroatoms. The largest absolute Gasteiger partial charge is 0.433 e. The highest BCUT2D eigenvalue weighted by Crippen LogP contribution is 2.39. The maximum atomic E-state index is 12.7. The number of halogens is 3. The Bertz CT molecular complexity index is 688. The van der Waals surface area contributed by atoms with Gasteiger partial charge in [-0.25, -0.2) is 0 Å². The summed E-state index contributed by atoms with van der Waals surface area (Å²) in [5.74, 6) is 0.313. The van der Waals surface area contributed by atoms with Crippen molar-refractivity contribution in [2.24, 2.45) is 11.8 Å². The number of nitrogens with zero attached hydrogens (tertiary/aromatic N) is 3. The van der Waals surface area contributed by atoms with Crippen LogP contribution in [0.3, 0.4) is 0 Å². The maximum absolute atomic E-state index is 12.7. The van der Waals surface area contributed by atoms with Crippen LogP contribution in [-0.4, -0.2) is 64.1 Å². The smallest absolute Gasteiger partial charge is 0.391 e. The molecular formula is C19H24F3N3O2. The van der Waals surface area contributed by atoms with E-state index in [1.807, 2.05) is 0 Å². The topological polar surface area (TPSA) is 56.7 Å². The molecule has 4 atom stereocenters. The third kappa shape index (κ3) is 3.69. The van der Waals surface area contributed by atoms with Gasteiger partial charge in [-0.05, 0) is 62.7 Å². The van der Waals surface area contributed by atoms with Crippen LogP contribution in [0, 0.1) is 11.8 Å². The van der Waals surface area contributed by atoms with Gasteiger partial charge in [0, 0.05) is 25.3 Å². The van der Waals surface area contributed by atoms with Crippen LogP contribution in [0.4, 0.5) is 13.2 Å². The van der Waals surface area contributed by atoms with E-state index < -0.39 is 11.9 Å². The van der Waals surface area contributed by atoms with E-state index in [2.05, 4.69) is 9.88 Å². The molecule has 0 aromatic carbocycles. The Labute approximate surface area is 156 Å². The summed E-state index contributed by atoms with van der Waals surface area (Å²) >= 11 is 0. The SMILES string of the molecule is O=C(c1ccc(C(F)(F)F)nc1)N1C[C@H]2C[C@@H](N3CCCC3)[C@H](O)C[C@H]2C1. The van der Waals surface area contributed by atoms with Crippen molar-refractivity contribution in [3.8, 4) is 0 Å². The fourth-order valence-electron chi connectivity index (χ4n) is 4.91. The molecule has 27 heavy (non-hydrogen) atoms. The van der Waals surface area contributed by atoms with E-state index in [9.17, 15) is 23.1 Å². The van der Waals surface area contributed by atoms with Crippen molar-refractivity contribution < 1.29 is 23.1 Å². The van der Waals surface area contributed by atoms with Crippen LogP contribution >= 0.6 is 0 Å². The van der Waals surface area contributed by atoms with Crippen molar-refractivity contribution >= 4 is 5.91 Å². The van der Waals surface area contributed by atoms with E-state index in [4.69, 9.17) is 0 Å². The standard InChI is InChI=1S/C19H24F3N3O2/c20-19(21,22)17-4-3-12(9-23-17)18(27)25-10-13-7-15(24-5-1-2-6-24)16(26)8-14(13)11-25/h3-4,9,13-16,26H,1-2,5-8,10-11H2/t13-,14+,15-,16-/m1/s1. The van der Waals surface area contributed by atoms with Gasteiger partial charge in [0.15, 0.2) is 0 Å². The molecule has 1 N–H and O–H groups in total. The summed E-state index contributed by atoms with van der Waals surface area (Å²) in [6, 6.07) is 2.21. The van der Waals surface area contributed by atoms with Crippen LogP contribution in [0.1, 0.15) is 41.7 Å². The first kappa shape index (κ1) is 18.7. The molecule has 4 rings (SSSR count). The van der Waals surface area contributed by atoms with E-state index >= 15 is 0 Å². The van der Waals surface area contributed by atoms with Crippen LogP contribution in [0.2, 0.25) is 0 Å². The number of carbonyl (C=O) groups is 1. The predicted molar refractivity (Wildman–Crippen MR) is 92.0 cm³/mol. The number of amides is 1. The molecule has 1 saturated carbocycles. The molecule has 148 valence electrons. The lowest BCUT2D eigenvalue weighted by Crippen LogP contribution is -2.48. The van der Waals surface area contributed by atoms with Crippen molar-refractivity contribution in [1.82, 2.24) is 14.8 Å². The Morgan fingerprint density at radius 1 is 1.11 bits per heavy atom. The molecule has 0 spiro atoms. The molecule has 0 radical (unpaired) electrons. The number of hydrogen-bond donors (Lipinski definition) is 1. The molecule has 1 aliphatic carbocycles. The van der Waals surface area contributed by atoms with Crippen LogP contribution in [-0.2, 0) is 6.18 Å². The molecule has 3 aliphatic rings. The molecule has 2 saturated heterocycles. The Hall–Kier alpha value is -1.67. The Morgan fingerprint density at radius 3 is 2.37 bits per heavy atom. The van der Waals surface area contributed by atoms with Gasteiger partial charge >= 0.3 is 6.18 Å². The number of hydrogen-bond acceptors (Lipinski definition) is 4. The van der Waals surface area contributed by atoms with Crippen LogP contribution in [0.25, 0.3) is 0 Å². The van der Waals surface area contributed by atoms with Gasteiger partial charge in [0.2, 0.25) is 0 Å². The summed E-state index contributed by atoms with van der Waals surface area (Å²) in [6.45, 7) is 3.20. The first-order chi connectivity index (χ1) is 12.8. The normalized spacial score (nSPS) is 31.9. The Kier molecular flexibility index (Phi) is 4.88. The van der Waals surface area contributed by atoms with E-state index in [1.54, 1.807) is 4.90 Å². The summed E-state index contributed by atoms with van der Waals surface area (Å²) < 4.78 is 37.9. The average molecular weight is 383 g/mol. The zero-order valence-electron chi connectivity index (χ0n) is 15.0. The Morgan fingerprint density at radius 2 is 1.78 bits per heavy atom. The molecular weight excluding hydrogens is 359 g/mol. The maximum Gasteiger partial charge on any atom is 0.433 e. The van der Waals surface area contributed by atoms with E-state index in [0.717, 1.165) is 31.8 Å². The van der Waals surface area contributed by atoms with Crippen LogP contribution in [0.5, 0.6) is 0 Å². The van der Waals surface area contributed by atoms with Gasteiger partial charge in [0.25, 0.3) is 5.91 Å². The van der Waals surface area contributed by atoms with E-state index in [-0.39, 0.29) is 29.5 Å². The summed E-state index contributed by atoms with van der Waals surface area (Å²) in [7, 11) is 0. The highest BCUT2D eigenvalue weighted by atomic mass is 19.4. The molecule has 5 nitrogen and oxygen atoms in total. The highest BCUT2D eigenvalue weighted by molar-refractivity contribution is 5.94. The highest BCUT2D eigenvalue weighted by Gasteiger charge is 2.45. The monoisotopic (exact) mass is 383 g/mol. The van der Waals surface area contributed by atoms with Crippen molar-refractivity contribution in [3.63, 3.8) is 0 Å². The van der Waals surface area contributed by atoms with Crippen molar-refractivity contribution in [2.75, 3.05) is 26.2 Å². The lowest BCUT2D eigenvalue weighted by atomic mass is 9.77. The number of carbonyl (C=O) groups excluding carboxylic acids is 1. The number of likely N-dealkylation sites (tertiary alicyclic amines) is 2. The number of alkyl halides is 3. The molecule has 2 aliphatic heterocycles. The minimum Gasteiger partial charge on any atom is -0.391 e. The second-order valence-corrected chi connectivity index (χ2v) is 8.01. The lowest BCUT2D eigenvalue weighted by molar-refractivity contribution is -0.141. The molecule has 3 heterocycles. The van der Waals surface area contributed by atoms with Crippen molar-refractivity contribution in [2.45, 2.75) is 44.0 Å². The molecule has 3 fully saturated rings. The predicted octanol–water partition coefficient (Wildman–Crippen LogP) is 2.41. The second kappa shape index (κ2) is 7.05. The third-order valence-corrected chi connectivity index (χ3v) is 6.31. The number of aliphatic hydroxyl groups excluding tert-OH is 1. The van der Waals surface area contributed by atoms with Gasteiger partial charge < -0.3 is 10.0 Å². The summed E-state index contributed by atoms with van der Waals surface area (Å²) in [4.78, 5) is 20.2. The van der Waals surface area contributed by atoms with Crippen molar-refractivity contribution in [1.29, 1.82) is 0 Å². The number of aromatic nitrogens is 1. The quantitative estimate of drug-likeness (QED) is 0.852. The zero-order valence-corrected chi connectivity index (χ0v) is 15.0. The summed E-state index contributed by atoms with van der Waals surface area (Å²) in [5.41, 5.74) is -0.816.